The summed E-state index contributed by atoms with van der Waals surface area (Å²) in [5.74, 6) is 0. The number of hydrogen-bond acceptors (Lipinski definition) is 0. The molecule has 0 radical (unpaired) electrons. The summed E-state index contributed by atoms with van der Waals surface area (Å²) in [5, 5.41) is 18.8. The molecule has 344 valence electrons. The zero-order valence-corrected chi connectivity index (χ0v) is 45.0. The smallest absolute Gasteiger partial charge is 0.0625 e. The highest BCUT2D eigenvalue weighted by atomic mass is 29.3. The topological polar surface area (TPSA) is 0 Å². The van der Waals surface area contributed by atoms with Crippen LogP contribution < -0.4 is 67.4 Å². The fraction of sp³-hybridized carbons (Fsp3) is 0.0294. The predicted octanol–water partition coefficient (Wildman–Crippen LogP) is 6.63. The summed E-state index contributed by atoms with van der Waals surface area (Å²) in [6.45, 7) is 4.87. The lowest BCUT2D eigenvalue weighted by molar-refractivity contribution is 1.49. The van der Waals surface area contributed by atoms with Gasteiger partial charge >= 0.3 is 0 Å². The highest BCUT2D eigenvalue weighted by Gasteiger charge is 2.65. The van der Waals surface area contributed by atoms with Crippen LogP contribution in [0.15, 0.2) is 297 Å². The first-order valence-electron chi connectivity index (χ1n) is 25.4. The second kappa shape index (κ2) is 19.1. The van der Waals surface area contributed by atoms with Crippen LogP contribution in [0, 0.1) is 13.8 Å². The molecule has 0 saturated heterocycles. The molecule has 1 aliphatic rings. The van der Waals surface area contributed by atoms with E-state index in [1.165, 1.54) is 89.7 Å². The van der Waals surface area contributed by atoms with Crippen molar-refractivity contribution in [2.45, 2.75) is 13.8 Å². The van der Waals surface area contributed by atoms with Crippen LogP contribution in [0.1, 0.15) is 11.1 Å². The van der Waals surface area contributed by atoms with Crippen molar-refractivity contribution < 1.29 is 0 Å². The van der Waals surface area contributed by atoms with Gasteiger partial charge in [-0.3, -0.25) is 0 Å². The van der Waals surface area contributed by atoms with Crippen molar-refractivity contribution in [3.05, 3.63) is 308 Å². The van der Waals surface area contributed by atoms with Gasteiger partial charge in [0.05, 0.1) is 0 Å². The SMILES string of the molecule is Cc1cc2c(cc1[SiH](c1ccccc1)c1ccccc1)-c1cc([Si](c3ccccc3)(c3ccccc3)c3ccccc3)c(C)cc1[Si](c1ccccc1)(c1ccccc1)[Si]2(c1ccccc1)c1ccccc1. The minimum atomic E-state index is -3.25. The molecule has 0 saturated carbocycles. The van der Waals surface area contributed by atoms with Gasteiger partial charge in [0.15, 0.2) is 23.3 Å². The molecule has 11 aromatic rings. The molecule has 0 fully saturated rings. The molecule has 0 bridgehead atoms. The van der Waals surface area contributed by atoms with Crippen LogP contribution in [-0.4, -0.2) is 32.1 Å². The van der Waals surface area contributed by atoms with Gasteiger partial charge in [-0.15, -0.1) is 0 Å². The van der Waals surface area contributed by atoms with Crippen LogP contribution in [0.5, 0.6) is 0 Å². The van der Waals surface area contributed by atoms with Gasteiger partial charge in [0.25, 0.3) is 0 Å². The molecule has 0 aliphatic carbocycles. The Labute approximate surface area is 430 Å². The summed E-state index contributed by atoms with van der Waals surface area (Å²) in [6.07, 6.45) is 0. The van der Waals surface area contributed by atoms with Crippen LogP contribution >= 0.6 is 0 Å². The lowest BCUT2D eigenvalue weighted by Crippen LogP contribution is -2.95. The van der Waals surface area contributed by atoms with Gasteiger partial charge in [0, 0.05) is 0 Å². The molecule has 0 amide bonds. The summed E-state index contributed by atoms with van der Waals surface area (Å²) in [6, 6.07) is 116. The van der Waals surface area contributed by atoms with Gasteiger partial charge in [0.1, 0.15) is 8.80 Å². The summed E-state index contributed by atoms with van der Waals surface area (Å²) in [7, 11) is -11.5. The Balaban J connectivity index is 1.33. The number of fused-ring (bicyclic) bond motifs is 3. The Kier molecular flexibility index (Phi) is 12.1. The normalized spacial score (nSPS) is 13.5. The van der Waals surface area contributed by atoms with E-state index in [4.69, 9.17) is 0 Å². The van der Waals surface area contributed by atoms with Gasteiger partial charge < -0.3 is 0 Å². The van der Waals surface area contributed by atoms with E-state index >= 15 is 0 Å². The molecule has 0 nitrogen and oxygen atoms in total. The maximum absolute atomic E-state index is 3.25. The van der Waals surface area contributed by atoms with Gasteiger partial charge in [0.2, 0.25) is 0 Å². The van der Waals surface area contributed by atoms with Crippen molar-refractivity contribution in [1.29, 1.82) is 0 Å². The highest BCUT2D eigenvalue weighted by Crippen LogP contribution is 2.34. The first kappa shape index (κ1) is 45.4. The molecule has 0 spiro atoms. The van der Waals surface area contributed by atoms with Crippen LogP contribution in [-0.2, 0) is 0 Å². The number of rotatable bonds is 11. The summed E-state index contributed by atoms with van der Waals surface area (Å²) < 4.78 is 0. The maximum atomic E-state index is 2.76. The summed E-state index contributed by atoms with van der Waals surface area (Å²) in [5.41, 5.74) is 5.50. The Morgan fingerprint density at radius 3 is 0.903 bits per heavy atom. The third-order valence-corrected chi connectivity index (χ3v) is 41.0. The maximum Gasteiger partial charge on any atom is 0.179 e. The summed E-state index contributed by atoms with van der Waals surface area (Å²) >= 11 is 0. The number of benzene rings is 11. The Hall–Kier alpha value is -7.71. The van der Waals surface area contributed by atoms with Crippen LogP contribution in [0.25, 0.3) is 11.1 Å². The van der Waals surface area contributed by atoms with E-state index in [0.29, 0.717) is 0 Å². The van der Waals surface area contributed by atoms with E-state index in [0.717, 1.165) is 0 Å². The van der Waals surface area contributed by atoms with Crippen molar-refractivity contribution >= 4 is 99.5 Å². The zero-order valence-electron chi connectivity index (χ0n) is 40.9. The molecule has 11 aromatic carbocycles. The molecule has 1 heterocycles. The summed E-state index contributed by atoms with van der Waals surface area (Å²) in [4.78, 5) is 0. The molecule has 4 heteroatoms. The van der Waals surface area contributed by atoms with Gasteiger partial charge in [-0.2, -0.15) is 0 Å². The van der Waals surface area contributed by atoms with Crippen molar-refractivity contribution in [2.75, 3.05) is 0 Å². The van der Waals surface area contributed by atoms with Gasteiger partial charge in [-0.25, -0.2) is 0 Å². The lowest BCUT2D eigenvalue weighted by Gasteiger charge is -2.54. The van der Waals surface area contributed by atoms with E-state index in [2.05, 4.69) is 311 Å². The molecule has 0 atom stereocenters. The monoisotopic (exact) mass is 984 g/mol. The quantitative estimate of drug-likeness (QED) is 0.101. The Morgan fingerprint density at radius 2 is 0.569 bits per heavy atom. The molecule has 0 N–H and O–H groups in total. The Bertz CT molecular complexity index is 3400. The predicted molar refractivity (Wildman–Crippen MR) is 319 cm³/mol. The second-order valence-electron chi connectivity index (χ2n) is 19.5. The average molecular weight is 986 g/mol. The van der Waals surface area contributed by atoms with Crippen molar-refractivity contribution in [1.82, 2.24) is 0 Å². The first-order valence-corrected chi connectivity index (χ1v) is 34.1. The molecule has 0 unspecified atom stereocenters. The van der Waals surface area contributed by atoms with Gasteiger partial charge in [-0.1, -0.05) is 339 Å². The molecule has 0 aromatic heterocycles. The van der Waals surface area contributed by atoms with E-state index in [1.54, 1.807) is 0 Å². The third kappa shape index (κ3) is 7.12. The standard InChI is InChI=1S/C68H56Si4/c1-52-48-67-63(50-65(52)69(54-30-12-3-13-31-54)55-32-14-4-15-33-55)64-51-66(70(56-34-16-5-17-35-56,57-36-18-6-19-37-57)58-38-20-7-21-39-58)53(2)49-68(64)72(61-44-26-10-27-45-61,62-46-28-11-29-47-62)71(67,59-40-22-8-23-41-59)60-42-24-9-25-43-60/h3-51,69H,1-2H3. The molecular weight excluding hydrogens is 929 g/mol. The fourth-order valence-corrected chi connectivity index (χ4v) is 41.5. The van der Waals surface area contributed by atoms with Crippen molar-refractivity contribution in [2.24, 2.45) is 0 Å². The number of hydrogen-bond donors (Lipinski definition) is 0. The fourth-order valence-electron chi connectivity index (χ4n) is 13.1. The van der Waals surface area contributed by atoms with Gasteiger partial charge in [-0.05, 0) is 61.3 Å². The zero-order chi connectivity index (χ0) is 48.5. The van der Waals surface area contributed by atoms with E-state index in [-0.39, 0.29) is 0 Å². The van der Waals surface area contributed by atoms with E-state index in [9.17, 15) is 0 Å². The minimum Gasteiger partial charge on any atom is -0.0625 e. The second-order valence-corrected chi connectivity index (χ2v) is 37.0. The molecule has 72 heavy (non-hydrogen) atoms. The number of aryl methyl sites for hydroxylation is 2. The van der Waals surface area contributed by atoms with E-state index < -0.39 is 32.1 Å². The largest absolute Gasteiger partial charge is 0.179 e. The van der Waals surface area contributed by atoms with Crippen molar-refractivity contribution in [3.63, 3.8) is 0 Å². The van der Waals surface area contributed by atoms with E-state index in [1.807, 2.05) is 0 Å². The van der Waals surface area contributed by atoms with Crippen LogP contribution in [0.3, 0.4) is 0 Å². The van der Waals surface area contributed by atoms with Crippen molar-refractivity contribution in [3.8, 4) is 11.1 Å². The highest BCUT2D eigenvalue weighted by molar-refractivity contribution is 7.68. The molecule has 12 rings (SSSR count). The van der Waals surface area contributed by atoms with Crippen LogP contribution in [0.2, 0.25) is 0 Å². The average Bonchev–Trinajstić information content (AvgIpc) is 3.46. The Morgan fingerprint density at radius 1 is 0.292 bits per heavy atom. The molecular formula is C68H56Si4. The first-order chi connectivity index (χ1) is 35.6. The minimum absolute atomic E-state index is 1.35. The molecule has 1 aliphatic heterocycles. The third-order valence-electron chi connectivity index (χ3n) is 15.9. The lowest BCUT2D eigenvalue weighted by atomic mass is 10.0. The van der Waals surface area contributed by atoms with Crippen LogP contribution in [0.4, 0.5) is 0 Å².